The summed E-state index contributed by atoms with van der Waals surface area (Å²) in [5.74, 6) is -0.897. The lowest BCUT2D eigenvalue weighted by Crippen LogP contribution is -2.36. The van der Waals surface area contributed by atoms with Gasteiger partial charge in [0.15, 0.2) is 24.8 Å². The molecule has 2 rings (SSSR count). The Morgan fingerprint density at radius 1 is 0.750 bits per heavy atom. The Kier molecular flexibility index (Phi) is 9.03. The number of unbranched alkanes of at least 4 members (excludes halogenated alkanes) is 3. The minimum absolute atomic E-state index is 0.395. The summed E-state index contributed by atoms with van der Waals surface area (Å²) in [6.07, 6.45) is 11.1. The van der Waals surface area contributed by atoms with Crippen molar-refractivity contribution in [2.75, 3.05) is 13.2 Å². The summed E-state index contributed by atoms with van der Waals surface area (Å²) in [4.78, 5) is 22.3. The van der Waals surface area contributed by atoms with E-state index in [-0.39, 0.29) is 0 Å². The molecule has 0 radical (unpaired) electrons. The summed E-state index contributed by atoms with van der Waals surface area (Å²) in [5.41, 5.74) is 11.4. The third-order valence-corrected chi connectivity index (χ3v) is 4.09. The fraction of sp³-hybridized carbons (Fsp3) is 0.400. The number of hydrogen-bond acceptors (Lipinski definition) is 4. The van der Waals surface area contributed by atoms with Crippen LogP contribution in [0.5, 0.6) is 0 Å². The molecule has 150 valence electrons. The minimum Gasteiger partial charge on any atom is -0.365 e. The average Bonchev–Trinajstić information content (AvgIpc) is 2.69. The molecular weight excluding hydrogens is 360 g/mol. The fourth-order valence-electron chi connectivity index (χ4n) is 2.60. The first-order chi connectivity index (χ1) is 13.6. The zero-order valence-electron chi connectivity index (χ0n) is 16.0. The van der Waals surface area contributed by atoms with E-state index in [1.807, 2.05) is 12.4 Å². The number of nitrogens with zero attached hydrogens (tertiary/aromatic N) is 2. The van der Waals surface area contributed by atoms with Crippen LogP contribution in [-0.4, -0.2) is 25.0 Å². The third-order valence-electron chi connectivity index (χ3n) is 4.09. The Morgan fingerprint density at radius 3 is 1.57 bits per heavy atom. The van der Waals surface area contributed by atoms with E-state index < -0.39 is 11.8 Å². The van der Waals surface area contributed by atoms with Gasteiger partial charge in [0.1, 0.15) is 11.1 Å². The van der Waals surface area contributed by atoms with Crippen molar-refractivity contribution >= 4 is 11.8 Å². The molecule has 0 aliphatic heterocycles. The molecule has 8 nitrogen and oxygen atoms in total. The molecule has 0 atom stereocenters. The molecule has 4 N–H and O–H groups in total. The molecule has 0 saturated carbocycles. The smallest absolute Gasteiger partial charge is 0.254 e. The average molecular weight is 388 g/mol. The van der Waals surface area contributed by atoms with Crippen molar-refractivity contribution in [1.82, 2.24) is 0 Å². The Morgan fingerprint density at radius 2 is 1.18 bits per heavy atom. The zero-order chi connectivity index (χ0) is 20.2. The monoisotopic (exact) mass is 388 g/mol. The number of primary amides is 2. The lowest BCUT2D eigenvalue weighted by molar-refractivity contribution is -0.733. The second kappa shape index (κ2) is 11.8. The number of nitrogens with two attached hydrogens (primary N) is 2. The number of hydrogen-bond donors (Lipinski definition) is 2. The van der Waals surface area contributed by atoms with Gasteiger partial charge in [0, 0.05) is 12.1 Å². The summed E-state index contributed by atoms with van der Waals surface area (Å²) < 4.78 is 14.8. The van der Waals surface area contributed by atoms with Crippen molar-refractivity contribution in [3.63, 3.8) is 0 Å². The van der Waals surface area contributed by atoms with Crippen molar-refractivity contribution in [1.29, 1.82) is 0 Å². The molecule has 2 aromatic rings. The quantitative estimate of drug-likeness (QED) is 0.388. The van der Waals surface area contributed by atoms with Gasteiger partial charge < -0.3 is 20.9 Å². The van der Waals surface area contributed by atoms with Crippen LogP contribution < -0.4 is 20.6 Å². The van der Waals surface area contributed by atoms with Gasteiger partial charge in [-0.2, -0.15) is 9.13 Å². The Labute approximate surface area is 164 Å². The van der Waals surface area contributed by atoms with Gasteiger partial charge in [0.2, 0.25) is 0 Å². The minimum atomic E-state index is -0.449. The van der Waals surface area contributed by atoms with E-state index in [1.54, 1.807) is 45.8 Å². The topological polar surface area (TPSA) is 112 Å². The van der Waals surface area contributed by atoms with Gasteiger partial charge in [0.05, 0.1) is 13.2 Å². The lowest BCUT2D eigenvalue weighted by atomic mass is 10.2. The van der Waals surface area contributed by atoms with Crippen molar-refractivity contribution in [3.8, 4) is 0 Å². The van der Waals surface area contributed by atoms with Crippen LogP contribution in [0.15, 0.2) is 49.1 Å². The van der Waals surface area contributed by atoms with Crippen LogP contribution in [0.25, 0.3) is 0 Å². The molecule has 2 heterocycles. The maximum Gasteiger partial charge on any atom is 0.254 e. The van der Waals surface area contributed by atoms with Gasteiger partial charge in [-0.15, -0.1) is 0 Å². The van der Waals surface area contributed by atoms with Gasteiger partial charge in [-0.1, -0.05) is 12.8 Å². The standard InChI is InChI=1S/C20H26N4O4/c21-19(25)17-7-5-9-23(13-17)15-27-11-3-1-2-4-12-28-16-24-10-6-8-18(14-24)20(22)26/h5-10,13-14H,1-4,11-12,15-16H2,(H2-2,21,22,25,26)/p+2. The van der Waals surface area contributed by atoms with E-state index in [1.165, 1.54) is 0 Å². The van der Waals surface area contributed by atoms with Crippen LogP contribution in [0.1, 0.15) is 46.4 Å². The van der Waals surface area contributed by atoms with Crippen molar-refractivity contribution < 1.29 is 28.2 Å². The highest BCUT2D eigenvalue weighted by Gasteiger charge is 2.07. The number of ether oxygens (including phenoxy) is 2. The third kappa shape index (κ3) is 7.81. The molecule has 0 saturated heterocycles. The van der Waals surface area contributed by atoms with Gasteiger partial charge in [-0.3, -0.25) is 9.59 Å². The van der Waals surface area contributed by atoms with E-state index in [4.69, 9.17) is 20.9 Å². The van der Waals surface area contributed by atoms with Gasteiger partial charge in [-0.05, 0) is 25.0 Å². The normalized spacial score (nSPS) is 10.7. The predicted octanol–water partition coefficient (Wildman–Crippen LogP) is 0.668. The number of rotatable bonds is 13. The van der Waals surface area contributed by atoms with E-state index in [9.17, 15) is 9.59 Å². The summed E-state index contributed by atoms with van der Waals surface area (Å²) >= 11 is 0. The molecule has 2 amide bonds. The van der Waals surface area contributed by atoms with Gasteiger partial charge in [0.25, 0.3) is 25.3 Å². The first-order valence-electron chi connectivity index (χ1n) is 9.29. The molecular formula is C20H28N4O4+2. The lowest BCUT2D eigenvalue weighted by Gasteiger charge is -2.03. The maximum atomic E-state index is 11.1. The largest absolute Gasteiger partial charge is 0.365 e. The molecule has 0 aromatic carbocycles. The van der Waals surface area contributed by atoms with E-state index >= 15 is 0 Å². The van der Waals surface area contributed by atoms with Crippen LogP contribution >= 0.6 is 0 Å². The first kappa shape index (κ1) is 21.5. The van der Waals surface area contributed by atoms with Crippen LogP contribution in [0.2, 0.25) is 0 Å². The number of aromatic nitrogens is 2. The molecule has 0 bridgehead atoms. The van der Waals surface area contributed by atoms with Crippen LogP contribution in [0, 0.1) is 0 Å². The number of amides is 2. The SMILES string of the molecule is NC(=O)c1ccc[n+](COCCCCCCOC[n+]2cccc(C(N)=O)c2)c1. The second-order valence-corrected chi connectivity index (χ2v) is 6.43. The van der Waals surface area contributed by atoms with E-state index in [2.05, 4.69) is 0 Å². The Bertz CT molecular complexity index is 717. The number of pyridine rings is 2. The van der Waals surface area contributed by atoms with Crippen LogP contribution in [0.3, 0.4) is 0 Å². The number of carbonyl (C=O) groups is 2. The highest BCUT2D eigenvalue weighted by Crippen LogP contribution is 2.01. The molecule has 2 aromatic heterocycles. The molecule has 8 heteroatoms. The highest BCUT2D eigenvalue weighted by molar-refractivity contribution is 5.92. The molecule has 0 aliphatic carbocycles. The van der Waals surface area contributed by atoms with Crippen molar-refractivity contribution in [2.24, 2.45) is 11.5 Å². The summed E-state index contributed by atoms with van der Waals surface area (Å²) in [7, 11) is 0. The maximum absolute atomic E-state index is 11.1. The summed E-state index contributed by atoms with van der Waals surface area (Å²) in [6.45, 7) is 2.10. The molecule has 0 spiro atoms. The fourth-order valence-corrected chi connectivity index (χ4v) is 2.60. The molecule has 0 fully saturated rings. The van der Waals surface area contributed by atoms with E-state index in [0.717, 1.165) is 25.7 Å². The molecule has 0 aliphatic rings. The molecule has 28 heavy (non-hydrogen) atoms. The summed E-state index contributed by atoms with van der Waals surface area (Å²) in [6, 6.07) is 6.89. The highest BCUT2D eigenvalue weighted by atomic mass is 16.5. The van der Waals surface area contributed by atoms with Crippen LogP contribution in [-0.2, 0) is 22.9 Å². The predicted molar refractivity (Wildman–Crippen MR) is 101 cm³/mol. The van der Waals surface area contributed by atoms with Crippen LogP contribution in [0.4, 0.5) is 0 Å². The first-order valence-corrected chi connectivity index (χ1v) is 9.29. The van der Waals surface area contributed by atoms with Crippen molar-refractivity contribution in [2.45, 2.75) is 39.1 Å². The number of carbonyl (C=O) groups excluding carboxylic acids is 2. The van der Waals surface area contributed by atoms with Crippen molar-refractivity contribution in [3.05, 3.63) is 60.2 Å². The Hall–Kier alpha value is -2.84. The van der Waals surface area contributed by atoms with Gasteiger partial charge in [-0.25, -0.2) is 0 Å². The molecule has 0 unspecified atom stereocenters. The zero-order valence-corrected chi connectivity index (χ0v) is 16.0. The van der Waals surface area contributed by atoms with Gasteiger partial charge >= 0.3 is 0 Å². The Balaban J connectivity index is 1.49. The summed E-state index contributed by atoms with van der Waals surface area (Å²) in [5, 5.41) is 0. The second-order valence-electron chi connectivity index (χ2n) is 6.43. The van der Waals surface area contributed by atoms with E-state index in [0.29, 0.717) is 37.8 Å².